The molecule has 4 rings (SSSR count). The maximum Gasteiger partial charge on any atom is 0.224 e. The van der Waals surface area contributed by atoms with Crippen molar-refractivity contribution in [3.05, 3.63) is 82.6 Å². The number of hydrogen-bond acceptors (Lipinski definition) is 1. The Morgan fingerprint density at radius 1 is 0.957 bits per heavy atom. The first-order chi connectivity index (χ1) is 11.2. The Morgan fingerprint density at radius 2 is 1.65 bits per heavy atom. The lowest BCUT2D eigenvalue weighted by Crippen LogP contribution is -2.38. The van der Waals surface area contributed by atoms with Gasteiger partial charge in [0.2, 0.25) is 5.91 Å². The van der Waals surface area contributed by atoms with E-state index in [1.165, 1.54) is 0 Å². The minimum atomic E-state index is -0.120. The molecule has 1 aliphatic rings. The number of rotatable bonds is 1. The Hall–Kier alpha value is -2.33. The maximum absolute atomic E-state index is 12.5. The second-order valence-electron chi connectivity index (χ2n) is 5.63. The molecule has 1 atom stereocenters. The fraction of sp³-hybridized carbons (Fsp3) is 0.105. The van der Waals surface area contributed by atoms with Crippen molar-refractivity contribution in [1.82, 2.24) is 4.57 Å². The van der Waals surface area contributed by atoms with E-state index in [4.69, 9.17) is 0 Å². The van der Waals surface area contributed by atoms with Crippen LogP contribution in [-0.4, -0.2) is 10.5 Å². The standard InChI is InChI=1S/C19H15BrN2O/c1-13(23)22-17-6-3-2-5-16(17)21-12-4-7-18(21)19(22)14-8-10-15(20)11-9-14/h2-12,19H,1H3/t19-/m0/s1. The Bertz CT molecular complexity index is 882. The first-order valence-corrected chi connectivity index (χ1v) is 8.28. The summed E-state index contributed by atoms with van der Waals surface area (Å²) in [6.07, 6.45) is 2.05. The van der Waals surface area contributed by atoms with Crippen LogP contribution in [0.15, 0.2) is 71.3 Å². The molecule has 0 radical (unpaired) electrons. The molecule has 0 fully saturated rings. The van der Waals surface area contributed by atoms with Gasteiger partial charge in [0.15, 0.2) is 0 Å². The van der Waals surface area contributed by atoms with Crippen molar-refractivity contribution in [2.45, 2.75) is 13.0 Å². The molecule has 114 valence electrons. The van der Waals surface area contributed by atoms with Gasteiger partial charge in [0, 0.05) is 17.6 Å². The summed E-state index contributed by atoms with van der Waals surface area (Å²) in [6.45, 7) is 1.63. The first-order valence-electron chi connectivity index (χ1n) is 7.49. The molecule has 0 unspecified atom stereocenters. The van der Waals surface area contributed by atoms with E-state index in [1.54, 1.807) is 6.92 Å². The lowest BCUT2D eigenvalue weighted by atomic mass is 9.98. The number of para-hydroxylation sites is 2. The molecule has 2 aromatic carbocycles. The number of carbonyl (C=O) groups excluding carboxylic acids is 1. The second kappa shape index (κ2) is 5.39. The first kappa shape index (κ1) is 14.3. The number of halogens is 1. The van der Waals surface area contributed by atoms with Crippen LogP contribution >= 0.6 is 15.9 Å². The highest BCUT2D eigenvalue weighted by Crippen LogP contribution is 2.42. The summed E-state index contributed by atoms with van der Waals surface area (Å²) in [5, 5.41) is 0. The second-order valence-corrected chi connectivity index (χ2v) is 6.55. The van der Waals surface area contributed by atoms with Gasteiger partial charge in [-0.2, -0.15) is 0 Å². The predicted octanol–water partition coefficient (Wildman–Crippen LogP) is 4.70. The van der Waals surface area contributed by atoms with Gasteiger partial charge in [-0.15, -0.1) is 0 Å². The highest BCUT2D eigenvalue weighted by molar-refractivity contribution is 9.10. The van der Waals surface area contributed by atoms with Gasteiger partial charge in [0.1, 0.15) is 6.04 Å². The minimum Gasteiger partial charge on any atom is -0.316 e. The molecule has 1 aliphatic heterocycles. The fourth-order valence-corrected chi connectivity index (χ4v) is 3.56. The van der Waals surface area contributed by atoms with Gasteiger partial charge in [0.25, 0.3) is 0 Å². The van der Waals surface area contributed by atoms with Crippen LogP contribution in [0.3, 0.4) is 0 Å². The Kier molecular flexibility index (Phi) is 3.34. The van der Waals surface area contributed by atoms with E-state index in [1.807, 2.05) is 47.4 Å². The van der Waals surface area contributed by atoms with Crippen LogP contribution in [0.5, 0.6) is 0 Å². The van der Waals surface area contributed by atoms with Crippen LogP contribution in [0.4, 0.5) is 5.69 Å². The van der Waals surface area contributed by atoms with E-state index < -0.39 is 0 Å². The zero-order valence-corrected chi connectivity index (χ0v) is 14.2. The van der Waals surface area contributed by atoms with Gasteiger partial charge in [-0.1, -0.05) is 40.2 Å². The molecule has 0 saturated carbocycles. The van der Waals surface area contributed by atoms with Gasteiger partial charge in [-0.3, -0.25) is 9.69 Å². The number of aromatic nitrogens is 1. The number of benzene rings is 2. The van der Waals surface area contributed by atoms with Crippen LogP contribution in [-0.2, 0) is 4.79 Å². The Labute approximate surface area is 143 Å². The third kappa shape index (κ3) is 2.21. The van der Waals surface area contributed by atoms with Crippen LogP contribution < -0.4 is 4.90 Å². The molecule has 3 nitrogen and oxygen atoms in total. The van der Waals surface area contributed by atoms with Crippen LogP contribution in [0.25, 0.3) is 5.69 Å². The summed E-state index contributed by atoms with van der Waals surface area (Å²) >= 11 is 3.48. The van der Waals surface area contributed by atoms with E-state index in [0.29, 0.717) is 0 Å². The monoisotopic (exact) mass is 366 g/mol. The van der Waals surface area contributed by atoms with Crippen molar-refractivity contribution in [3.63, 3.8) is 0 Å². The van der Waals surface area contributed by atoms with Gasteiger partial charge in [-0.25, -0.2) is 0 Å². The normalized spacial score (nSPS) is 15.9. The Morgan fingerprint density at radius 3 is 2.35 bits per heavy atom. The summed E-state index contributed by atoms with van der Waals surface area (Å²) in [4.78, 5) is 14.3. The van der Waals surface area contributed by atoms with Gasteiger partial charge >= 0.3 is 0 Å². The lowest BCUT2D eigenvalue weighted by molar-refractivity contribution is -0.117. The molecule has 2 heterocycles. The van der Waals surface area contributed by atoms with E-state index >= 15 is 0 Å². The molecule has 0 bridgehead atoms. The average molecular weight is 367 g/mol. The SMILES string of the molecule is CC(=O)N1c2ccccc2-n2cccc2[C@@H]1c1ccc(Br)cc1. The molecule has 0 N–H and O–H groups in total. The van der Waals surface area contributed by atoms with Gasteiger partial charge in [0.05, 0.1) is 17.1 Å². The zero-order valence-electron chi connectivity index (χ0n) is 12.6. The van der Waals surface area contributed by atoms with E-state index in [0.717, 1.165) is 27.1 Å². The quantitative estimate of drug-likeness (QED) is 0.612. The van der Waals surface area contributed by atoms with Gasteiger partial charge < -0.3 is 4.57 Å². The molecule has 3 aromatic rings. The van der Waals surface area contributed by atoms with E-state index in [9.17, 15) is 4.79 Å². The summed E-state index contributed by atoms with van der Waals surface area (Å²) in [5.74, 6) is 0.0396. The molecular formula is C19H15BrN2O. The third-order valence-corrected chi connectivity index (χ3v) is 4.77. The van der Waals surface area contributed by atoms with Crippen LogP contribution in [0.1, 0.15) is 24.2 Å². The van der Waals surface area contributed by atoms with Gasteiger partial charge in [-0.05, 0) is 42.0 Å². The summed E-state index contributed by atoms with van der Waals surface area (Å²) in [6, 6.07) is 20.2. The van der Waals surface area contributed by atoms with Crippen LogP contribution in [0.2, 0.25) is 0 Å². The third-order valence-electron chi connectivity index (χ3n) is 4.24. The molecule has 4 heteroatoms. The lowest BCUT2D eigenvalue weighted by Gasteiger charge is -2.38. The molecule has 0 aliphatic carbocycles. The van der Waals surface area contributed by atoms with E-state index in [-0.39, 0.29) is 11.9 Å². The molecule has 0 saturated heterocycles. The average Bonchev–Trinajstić information content (AvgIpc) is 3.04. The number of fused-ring (bicyclic) bond motifs is 3. The highest BCUT2D eigenvalue weighted by Gasteiger charge is 2.34. The maximum atomic E-state index is 12.5. The highest BCUT2D eigenvalue weighted by atomic mass is 79.9. The number of nitrogens with zero attached hydrogens (tertiary/aromatic N) is 2. The fourth-order valence-electron chi connectivity index (χ4n) is 3.30. The summed E-state index contributed by atoms with van der Waals surface area (Å²) in [7, 11) is 0. The zero-order chi connectivity index (χ0) is 16.0. The smallest absolute Gasteiger partial charge is 0.224 e. The number of carbonyl (C=O) groups is 1. The summed E-state index contributed by atoms with van der Waals surface area (Å²) in [5.41, 5.74) is 4.17. The molecule has 1 amide bonds. The number of amides is 1. The Balaban J connectivity index is 1.98. The number of hydrogen-bond donors (Lipinski definition) is 0. The largest absolute Gasteiger partial charge is 0.316 e. The molecule has 1 aromatic heterocycles. The molecular weight excluding hydrogens is 352 g/mol. The molecule has 0 spiro atoms. The number of anilines is 1. The van der Waals surface area contributed by atoms with Crippen molar-refractivity contribution in [2.75, 3.05) is 4.90 Å². The van der Waals surface area contributed by atoms with Crippen molar-refractivity contribution in [3.8, 4) is 5.69 Å². The van der Waals surface area contributed by atoms with Crippen molar-refractivity contribution in [1.29, 1.82) is 0 Å². The van der Waals surface area contributed by atoms with Crippen LogP contribution in [0, 0.1) is 0 Å². The topological polar surface area (TPSA) is 25.2 Å². The van der Waals surface area contributed by atoms with Crippen molar-refractivity contribution >= 4 is 27.5 Å². The van der Waals surface area contributed by atoms with Crippen molar-refractivity contribution in [2.24, 2.45) is 0 Å². The van der Waals surface area contributed by atoms with E-state index in [2.05, 4.69) is 44.9 Å². The minimum absolute atomic E-state index is 0.0396. The predicted molar refractivity (Wildman–Crippen MR) is 94.9 cm³/mol. The molecule has 23 heavy (non-hydrogen) atoms. The summed E-state index contributed by atoms with van der Waals surface area (Å²) < 4.78 is 3.20. The van der Waals surface area contributed by atoms with Crippen molar-refractivity contribution < 1.29 is 4.79 Å².